The van der Waals surface area contributed by atoms with Gasteiger partial charge in [-0.15, -0.1) is 0 Å². The maximum Gasteiger partial charge on any atom is 0.0637 e. The van der Waals surface area contributed by atoms with E-state index in [9.17, 15) is 0 Å². The molecule has 1 N–H and O–H groups in total. The third-order valence-electron chi connectivity index (χ3n) is 2.27. The summed E-state index contributed by atoms with van der Waals surface area (Å²) in [5.41, 5.74) is 2.11. The van der Waals surface area contributed by atoms with Gasteiger partial charge in [0.15, 0.2) is 0 Å². The Morgan fingerprint density at radius 3 is 2.25 bits per heavy atom. The van der Waals surface area contributed by atoms with Crippen molar-refractivity contribution < 1.29 is 0 Å². The number of para-hydroxylation sites is 1. The second-order valence-corrected chi connectivity index (χ2v) is 4.30. The Balaban J connectivity index is 2.02. The molecule has 0 spiro atoms. The molecule has 0 radical (unpaired) electrons. The van der Waals surface area contributed by atoms with Crippen LogP contribution in [0.4, 0.5) is 5.69 Å². The molecule has 0 heterocycles. The SMILES string of the molecule is Clc1ccc(CNc2ccccc2Cl)cc1. The Morgan fingerprint density at radius 1 is 0.875 bits per heavy atom. The van der Waals surface area contributed by atoms with Gasteiger partial charge in [0, 0.05) is 11.6 Å². The number of nitrogens with one attached hydrogen (secondary N) is 1. The minimum absolute atomic E-state index is 0.733. The second-order valence-electron chi connectivity index (χ2n) is 3.46. The van der Waals surface area contributed by atoms with Gasteiger partial charge in [-0.3, -0.25) is 0 Å². The average Bonchev–Trinajstić information content (AvgIpc) is 2.30. The number of hydrogen-bond acceptors (Lipinski definition) is 1. The van der Waals surface area contributed by atoms with E-state index in [-0.39, 0.29) is 0 Å². The quantitative estimate of drug-likeness (QED) is 0.841. The Kier molecular flexibility index (Phi) is 3.70. The van der Waals surface area contributed by atoms with Crippen molar-refractivity contribution in [1.82, 2.24) is 0 Å². The minimum Gasteiger partial charge on any atom is -0.380 e. The van der Waals surface area contributed by atoms with Gasteiger partial charge in [0.05, 0.1) is 10.7 Å². The standard InChI is InChI=1S/C13H11Cl2N/c14-11-7-5-10(6-8-11)9-16-13-4-2-1-3-12(13)15/h1-8,16H,9H2. The molecule has 2 aromatic rings. The minimum atomic E-state index is 0.733. The zero-order chi connectivity index (χ0) is 11.4. The number of halogens is 2. The van der Waals surface area contributed by atoms with E-state index in [2.05, 4.69) is 5.32 Å². The van der Waals surface area contributed by atoms with Gasteiger partial charge in [-0.05, 0) is 29.8 Å². The first-order valence-electron chi connectivity index (χ1n) is 4.98. The molecule has 0 unspecified atom stereocenters. The van der Waals surface area contributed by atoms with Crippen LogP contribution < -0.4 is 5.32 Å². The van der Waals surface area contributed by atoms with E-state index in [0.29, 0.717) is 0 Å². The van der Waals surface area contributed by atoms with Crippen molar-refractivity contribution in [1.29, 1.82) is 0 Å². The molecule has 3 heteroatoms. The average molecular weight is 252 g/mol. The molecule has 0 aliphatic carbocycles. The van der Waals surface area contributed by atoms with Crippen LogP contribution in [-0.2, 0) is 6.54 Å². The predicted octanol–water partition coefficient (Wildman–Crippen LogP) is 4.61. The maximum atomic E-state index is 6.03. The van der Waals surface area contributed by atoms with Gasteiger partial charge in [-0.25, -0.2) is 0 Å². The molecular weight excluding hydrogens is 241 g/mol. The highest BCUT2D eigenvalue weighted by Crippen LogP contribution is 2.21. The van der Waals surface area contributed by atoms with Gasteiger partial charge >= 0.3 is 0 Å². The number of rotatable bonds is 3. The van der Waals surface area contributed by atoms with Gasteiger partial charge in [-0.2, -0.15) is 0 Å². The second kappa shape index (κ2) is 5.24. The lowest BCUT2D eigenvalue weighted by molar-refractivity contribution is 1.15. The van der Waals surface area contributed by atoms with Crippen molar-refractivity contribution in [3.63, 3.8) is 0 Å². The molecule has 2 aromatic carbocycles. The lowest BCUT2D eigenvalue weighted by Crippen LogP contribution is -1.99. The lowest BCUT2D eigenvalue weighted by atomic mass is 10.2. The Hall–Kier alpha value is -1.18. The van der Waals surface area contributed by atoms with Gasteiger partial charge in [0.25, 0.3) is 0 Å². The molecule has 0 aliphatic heterocycles. The molecule has 0 bridgehead atoms. The zero-order valence-corrected chi connectivity index (χ0v) is 10.1. The third kappa shape index (κ3) is 2.91. The molecule has 0 saturated heterocycles. The fourth-order valence-corrected chi connectivity index (χ4v) is 1.73. The van der Waals surface area contributed by atoms with Gasteiger partial charge in [0.2, 0.25) is 0 Å². The molecule has 82 valence electrons. The van der Waals surface area contributed by atoms with Crippen LogP contribution in [0.25, 0.3) is 0 Å². The molecule has 0 amide bonds. The van der Waals surface area contributed by atoms with Crippen molar-refractivity contribution in [2.24, 2.45) is 0 Å². The van der Waals surface area contributed by atoms with Crippen molar-refractivity contribution in [2.45, 2.75) is 6.54 Å². The number of benzene rings is 2. The topological polar surface area (TPSA) is 12.0 Å². The summed E-state index contributed by atoms with van der Waals surface area (Å²) < 4.78 is 0. The predicted molar refractivity (Wildman–Crippen MR) is 70.2 cm³/mol. The fraction of sp³-hybridized carbons (Fsp3) is 0.0769. The van der Waals surface area contributed by atoms with Crippen LogP contribution in [0.1, 0.15) is 5.56 Å². The van der Waals surface area contributed by atoms with Crippen molar-refractivity contribution >= 4 is 28.9 Å². The first-order valence-corrected chi connectivity index (χ1v) is 5.74. The highest BCUT2D eigenvalue weighted by molar-refractivity contribution is 6.33. The summed E-state index contributed by atoms with van der Waals surface area (Å²) >= 11 is 11.8. The summed E-state index contributed by atoms with van der Waals surface area (Å²) in [5.74, 6) is 0. The Morgan fingerprint density at radius 2 is 1.56 bits per heavy atom. The van der Waals surface area contributed by atoms with E-state index in [0.717, 1.165) is 22.3 Å². The monoisotopic (exact) mass is 251 g/mol. The third-order valence-corrected chi connectivity index (χ3v) is 2.85. The first kappa shape index (κ1) is 11.3. The number of anilines is 1. The van der Waals surface area contributed by atoms with Gasteiger partial charge < -0.3 is 5.32 Å². The normalized spacial score (nSPS) is 10.1. The molecule has 16 heavy (non-hydrogen) atoms. The molecule has 0 saturated carbocycles. The van der Waals surface area contributed by atoms with E-state index >= 15 is 0 Å². The lowest BCUT2D eigenvalue weighted by Gasteiger charge is -2.08. The van der Waals surface area contributed by atoms with Crippen molar-refractivity contribution in [2.75, 3.05) is 5.32 Å². The highest BCUT2D eigenvalue weighted by atomic mass is 35.5. The summed E-state index contributed by atoms with van der Waals surface area (Å²) in [6.07, 6.45) is 0. The smallest absolute Gasteiger partial charge is 0.0637 e. The fourth-order valence-electron chi connectivity index (χ4n) is 1.40. The van der Waals surface area contributed by atoms with Crippen LogP contribution in [0.2, 0.25) is 10.0 Å². The molecule has 0 aliphatic rings. The van der Waals surface area contributed by atoms with Crippen molar-refractivity contribution in [3.05, 3.63) is 64.1 Å². The molecular formula is C13H11Cl2N. The summed E-state index contributed by atoms with van der Waals surface area (Å²) in [5, 5.41) is 4.76. The molecule has 2 rings (SSSR count). The largest absolute Gasteiger partial charge is 0.380 e. The zero-order valence-electron chi connectivity index (χ0n) is 8.58. The van der Waals surface area contributed by atoms with E-state index < -0.39 is 0 Å². The summed E-state index contributed by atoms with van der Waals surface area (Å²) in [6.45, 7) is 0.737. The van der Waals surface area contributed by atoms with Crippen LogP contribution in [0.15, 0.2) is 48.5 Å². The summed E-state index contributed by atoms with van der Waals surface area (Å²) in [6, 6.07) is 15.4. The maximum absolute atomic E-state index is 6.03. The van der Waals surface area contributed by atoms with Crippen molar-refractivity contribution in [3.8, 4) is 0 Å². The van der Waals surface area contributed by atoms with Crippen LogP contribution in [-0.4, -0.2) is 0 Å². The first-order chi connectivity index (χ1) is 7.75. The van der Waals surface area contributed by atoms with E-state index in [1.165, 1.54) is 5.56 Å². The molecule has 1 nitrogen and oxygen atoms in total. The van der Waals surface area contributed by atoms with E-state index in [1.807, 2.05) is 48.5 Å². The highest BCUT2D eigenvalue weighted by Gasteiger charge is 1.98. The Labute approximate surface area is 105 Å². The molecule has 0 atom stereocenters. The van der Waals surface area contributed by atoms with Crippen LogP contribution >= 0.6 is 23.2 Å². The molecule has 0 aromatic heterocycles. The molecule has 0 fully saturated rings. The van der Waals surface area contributed by atoms with Gasteiger partial charge in [-0.1, -0.05) is 47.5 Å². The number of hydrogen-bond donors (Lipinski definition) is 1. The Bertz CT molecular complexity index is 466. The summed E-state index contributed by atoms with van der Waals surface area (Å²) in [4.78, 5) is 0. The van der Waals surface area contributed by atoms with Crippen LogP contribution in [0.5, 0.6) is 0 Å². The van der Waals surface area contributed by atoms with Gasteiger partial charge in [0.1, 0.15) is 0 Å². The van der Waals surface area contributed by atoms with E-state index in [4.69, 9.17) is 23.2 Å². The van der Waals surface area contributed by atoms with Crippen LogP contribution in [0.3, 0.4) is 0 Å². The van der Waals surface area contributed by atoms with E-state index in [1.54, 1.807) is 0 Å². The summed E-state index contributed by atoms with van der Waals surface area (Å²) in [7, 11) is 0. The van der Waals surface area contributed by atoms with Crippen LogP contribution in [0, 0.1) is 0 Å².